The third-order valence-corrected chi connectivity index (χ3v) is 8.80. The van der Waals surface area contributed by atoms with Gasteiger partial charge in [0.2, 0.25) is 0 Å². The Bertz CT molecular complexity index is 1790. The maximum atomic E-state index is 13.9. The number of piperidine rings is 1. The highest BCUT2D eigenvalue weighted by Gasteiger charge is 2.35. The lowest BCUT2D eigenvalue weighted by atomic mass is 9.83. The molecule has 1 aromatic heterocycles. The normalized spacial score (nSPS) is 16.8. The van der Waals surface area contributed by atoms with Gasteiger partial charge in [0.05, 0.1) is 25.6 Å². The third kappa shape index (κ3) is 6.02. The van der Waals surface area contributed by atoms with Crippen molar-refractivity contribution < 1.29 is 19.1 Å². The number of nitrogens with zero attached hydrogens (tertiary/aromatic N) is 3. The van der Waals surface area contributed by atoms with Crippen LogP contribution in [0, 0.1) is 12.8 Å². The highest BCUT2D eigenvalue weighted by atomic mass is 16.5. The molecule has 1 N–H and O–H groups in total. The fourth-order valence-electron chi connectivity index (χ4n) is 6.67. The van der Waals surface area contributed by atoms with Gasteiger partial charge in [0.1, 0.15) is 11.5 Å². The smallest absolute Gasteiger partial charge is 0.258 e. The molecule has 0 radical (unpaired) electrons. The molecule has 2 atom stereocenters. The minimum absolute atomic E-state index is 0.0364. The van der Waals surface area contributed by atoms with E-state index in [4.69, 9.17) is 9.47 Å². The van der Waals surface area contributed by atoms with Crippen LogP contribution in [-0.2, 0) is 6.54 Å². The summed E-state index contributed by atoms with van der Waals surface area (Å²) < 4.78 is 12.7. The fourth-order valence-corrected chi connectivity index (χ4v) is 6.67. The Balaban J connectivity index is 1.38. The van der Waals surface area contributed by atoms with E-state index in [1.165, 1.54) is 14.2 Å². The Morgan fingerprint density at radius 1 is 0.889 bits per heavy atom. The van der Waals surface area contributed by atoms with Crippen LogP contribution in [0.25, 0.3) is 0 Å². The molecule has 6 rings (SSSR count). The van der Waals surface area contributed by atoms with Gasteiger partial charge in [-0.05, 0) is 80.3 Å². The summed E-state index contributed by atoms with van der Waals surface area (Å²) in [7, 11) is 3.08. The van der Waals surface area contributed by atoms with Gasteiger partial charge in [-0.2, -0.15) is 0 Å². The van der Waals surface area contributed by atoms with E-state index < -0.39 is 0 Å². The molecule has 2 bridgehead atoms. The Labute approximate surface area is 263 Å². The molecule has 0 saturated carbocycles. The van der Waals surface area contributed by atoms with Crippen LogP contribution >= 0.6 is 0 Å². The largest absolute Gasteiger partial charge is 0.497 e. The molecule has 3 aromatic carbocycles. The third-order valence-electron chi connectivity index (χ3n) is 8.80. The minimum Gasteiger partial charge on any atom is -0.497 e. The average Bonchev–Trinajstić information content (AvgIpc) is 3.05. The predicted molar refractivity (Wildman–Crippen MR) is 176 cm³/mol. The van der Waals surface area contributed by atoms with Gasteiger partial charge < -0.3 is 29.2 Å². The van der Waals surface area contributed by atoms with E-state index in [9.17, 15) is 14.4 Å². The van der Waals surface area contributed by atoms with Crippen LogP contribution in [0.3, 0.4) is 0 Å². The van der Waals surface area contributed by atoms with Crippen LogP contribution in [0.4, 0.5) is 17.1 Å². The van der Waals surface area contributed by atoms with Crippen molar-refractivity contribution in [3.63, 3.8) is 0 Å². The highest BCUT2D eigenvalue weighted by molar-refractivity contribution is 6.10. The van der Waals surface area contributed by atoms with Crippen molar-refractivity contribution >= 4 is 28.9 Å². The quantitative estimate of drug-likeness (QED) is 0.276. The van der Waals surface area contributed by atoms with E-state index in [1.807, 2.05) is 66.9 Å². The zero-order valence-corrected chi connectivity index (χ0v) is 26.1. The number of fused-ring (bicyclic) bond motifs is 4. The first kappa shape index (κ1) is 30.0. The molecule has 3 heterocycles. The fraction of sp³-hybridized carbons (Fsp3) is 0.306. The number of aromatic nitrogens is 1. The molecule has 0 unspecified atom stereocenters. The zero-order valence-electron chi connectivity index (χ0n) is 26.1. The van der Waals surface area contributed by atoms with E-state index in [-0.39, 0.29) is 29.2 Å². The van der Waals surface area contributed by atoms with Crippen molar-refractivity contribution in [3.8, 4) is 11.5 Å². The van der Waals surface area contributed by atoms with Crippen LogP contribution < -0.4 is 30.1 Å². The second-order valence-corrected chi connectivity index (χ2v) is 11.8. The van der Waals surface area contributed by atoms with Gasteiger partial charge in [-0.1, -0.05) is 18.2 Å². The monoisotopic (exact) mass is 606 g/mol. The van der Waals surface area contributed by atoms with Gasteiger partial charge in [0.15, 0.2) is 0 Å². The van der Waals surface area contributed by atoms with E-state index >= 15 is 0 Å². The molecule has 0 aliphatic carbocycles. The zero-order chi connectivity index (χ0) is 31.7. The average molecular weight is 607 g/mol. The molecule has 1 saturated heterocycles. The standard InChI is InChI=1S/C36H38N4O5/c1-5-39(28-9-6-8-23(2)14-28)36(43)25-12-13-33(31(18-25)37-35(42)26-16-29(44-3)19-30(17-26)45-4)38-20-24-15-27(22-38)32-10-7-11-34(41)40(32)21-24/h6-14,16-19,24,27H,5,15,20-22H2,1-4H3,(H,37,42)/t24-,27+/m1/s1. The molecule has 9 heteroatoms. The van der Waals surface area contributed by atoms with Crippen molar-refractivity contribution in [1.82, 2.24) is 4.57 Å². The van der Waals surface area contributed by atoms with Crippen LogP contribution in [-0.4, -0.2) is 50.2 Å². The summed E-state index contributed by atoms with van der Waals surface area (Å²) in [6.07, 6.45) is 1.00. The lowest BCUT2D eigenvalue weighted by Crippen LogP contribution is -2.47. The molecule has 4 aromatic rings. The molecule has 2 amide bonds. The number of nitrogens with one attached hydrogen (secondary N) is 1. The molecule has 0 spiro atoms. The van der Waals surface area contributed by atoms with E-state index in [2.05, 4.69) is 10.2 Å². The van der Waals surface area contributed by atoms with Crippen molar-refractivity contribution in [1.29, 1.82) is 0 Å². The number of hydrogen-bond acceptors (Lipinski definition) is 6. The van der Waals surface area contributed by atoms with Gasteiger partial charge in [-0.25, -0.2) is 0 Å². The number of benzene rings is 3. The molecule has 1 fully saturated rings. The summed E-state index contributed by atoms with van der Waals surface area (Å²) in [6, 6.07) is 23.9. The summed E-state index contributed by atoms with van der Waals surface area (Å²) in [5, 5.41) is 3.10. The Morgan fingerprint density at radius 2 is 1.64 bits per heavy atom. The maximum absolute atomic E-state index is 13.9. The number of carbonyl (C=O) groups is 2. The van der Waals surface area contributed by atoms with Crippen LogP contribution in [0.5, 0.6) is 11.5 Å². The number of amides is 2. The molecule has 2 aliphatic rings. The topological polar surface area (TPSA) is 93.1 Å². The molecular weight excluding hydrogens is 568 g/mol. The summed E-state index contributed by atoms with van der Waals surface area (Å²) >= 11 is 0. The van der Waals surface area contributed by atoms with Gasteiger partial charge in [-0.15, -0.1) is 0 Å². The maximum Gasteiger partial charge on any atom is 0.258 e. The number of anilines is 3. The van der Waals surface area contributed by atoms with Crippen molar-refractivity contribution in [2.45, 2.75) is 32.7 Å². The molecule has 2 aliphatic heterocycles. The lowest BCUT2D eigenvalue weighted by Gasteiger charge is -2.44. The Kier molecular flexibility index (Phi) is 8.34. The highest BCUT2D eigenvalue weighted by Crippen LogP contribution is 2.40. The number of pyridine rings is 1. The first-order valence-electron chi connectivity index (χ1n) is 15.3. The summed E-state index contributed by atoms with van der Waals surface area (Å²) in [4.78, 5) is 44.3. The molecular formula is C36H38N4O5. The molecule has 9 nitrogen and oxygen atoms in total. The summed E-state index contributed by atoms with van der Waals surface area (Å²) in [6.45, 7) is 6.51. The van der Waals surface area contributed by atoms with Gasteiger partial charge in [0.25, 0.3) is 17.4 Å². The summed E-state index contributed by atoms with van der Waals surface area (Å²) in [5.41, 5.74) is 5.17. The number of hydrogen-bond donors (Lipinski definition) is 1. The predicted octanol–water partition coefficient (Wildman–Crippen LogP) is 5.72. The minimum atomic E-state index is -0.349. The number of rotatable bonds is 8. The number of aryl methyl sites for hydroxylation is 1. The SMILES string of the molecule is CCN(C(=O)c1ccc(N2C[C@H]3C[C@@H](C2)c2cccc(=O)n2C3)c(NC(=O)c2cc(OC)cc(OC)c2)c1)c1cccc(C)c1. The van der Waals surface area contributed by atoms with Crippen molar-refractivity contribution in [2.24, 2.45) is 5.92 Å². The van der Waals surface area contributed by atoms with Crippen LogP contribution in [0.15, 0.2) is 83.7 Å². The van der Waals surface area contributed by atoms with Gasteiger partial charge >= 0.3 is 0 Å². The Hall–Kier alpha value is -5.05. The molecule has 232 valence electrons. The van der Waals surface area contributed by atoms with Gasteiger partial charge in [-0.3, -0.25) is 14.4 Å². The Morgan fingerprint density at radius 3 is 2.36 bits per heavy atom. The number of ether oxygens (including phenoxy) is 2. The van der Waals surface area contributed by atoms with Crippen LogP contribution in [0.1, 0.15) is 51.2 Å². The number of carbonyl (C=O) groups excluding carboxylic acids is 2. The van der Waals surface area contributed by atoms with E-state index in [0.29, 0.717) is 47.9 Å². The first-order chi connectivity index (χ1) is 21.8. The molecule has 45 heavy (non-hydrogen) atoms. The first-order valence-corrected chi connectivity index (χ1v) is 15.3. The summed E-state index contributed by atoms with van der Waals surface area (Å²) in [5.74, 6) is 0.947. The van der Waals surface area contributed by atoms with Crippen molar-refractivity contribution in [2.75, 3.05) is 49.0 Å². The van der Waals surface area contributed by atoms with Gasteiger partial charge in [0, 0.05) is 66.7 Å². The second-order valence-electron chi connectivity index (χ2n) is 11.8. The second kappa shape index (κ2) is 12.5. The van der Waals surface area contributed by atoms with Crippen LogP contribution in [0.2, 0.25) is 0 Å². The lowest BCUT2D eigenvalue weighted by molar-refractivity contribution is 0.0985. The van der Waals surface area contributed by atoms with E-state index in [1.54, 1.807) is 35.2 Å². The van der Waals surface area contributed by atoms with E-state index in [0.717, 1.165) is 35.6 Å². The number of methoxy groups -OCH3 is 2. The van der Waals surface area contributed by atoms with Crippen molar-refractivity contribution in [3.05, 3.63) is 112 Å².